The first-order valence-electron chi connectivity index (χ1n) is 4.74. The van der Waals surface area contributed by atoms with E-state index in [2.05, 4.69) is 23.1 Å². The van der Waals surface area contributed by atoms with Crippen molar-refractivity contribution < 1.29 is 46.7 Å². The van der Waals surface area contributed by atoms with Gasteiger partial charge in [0, 0.05) is 14.2 Å². The summed E-state index contributed by atoms with van der Waals surface area (Å²) >= 11 is 0. The van der Waals surface area contributed by atoms with Crippen molar-refractivity contribution in [1.29, 1.82) is 0 Å². The topological polar surface area (TPSA) is 124 Å². The van der Waals surface area contributed by atoms with E-state index in [0.29, 0.717) is 0 Å². The van der Waals surface area contributed by atoms with Gasteiger partial charge in [-0.15, -0.1) is 0 Å². The van der Waals surface area contributed by atoms with Gasteiger partial charge in [0.2, 0.25) is 5.85 Å². The van der Waals surface area contributed by atoms with Gasteiger partial charge in [0.1, 0.15) is 0 Å². The Morgan fingerprint density at radius 3 is 2.26 bits per heavy atom. The Bertz CT molecular complexity index is 428. The lowest BCUT2D eigenvalue weighted by Gasteiger charge is -2.16. The Morgan fingerprint density at radius 1 is 1.21 bits per heavy atom. The van der Waals surface area contributed by atoms with Crippen LogP contribution in [-0.2, 0) is 46.7 Å². The summed E-state index contributed by atoms with van der Waals surface area (Å²) in [7, 11) is -2.70. The molecule has 0 aromatic heterocycles. The summed E-state index contributed by atoms with van der Waals surface area (Å²) in [6, 6.07) is 0. The second-order valence-corrected chi connectivity index (χ2v) is 5.29. The lowest BCUT2D eigenvalue weighted by molar-refractivity contribution is -0.161. The van der Waals surface area contributed by atoms with E-state index in [9.17, 15) is 18.9 Å². The molecular formula is C7H10BO10P. The largest absolute Gasteiger partial charge is 0.793 e. The van der Waals surface area contributed by atoms with Crippen molar-refractivity contribution in [2.75, 3.05) is 21.3 Å². The molecule has 1 saturated heterocycles. The van der Waals surface area contributed by atoms with Gasteiger partial charge in [0.25, 0.3) is 0 Å². The van der Waals surface area contributed by atoms with Crippen LogP contribution in [-0.4, -0.2) is 52.4 Å². The zero-order valence-corrected chi connectivity index (χ0v) is 11.1. The number of ether oxygens (including phenoxy) is 1. The molecule has 0 saturated carbocycles. The van der Waals surface area contributed by atoms with Crippen LogP contribution in [0.2, 0.25) is 0 Å². The zero-order valence-electron chi connectivity index (χ0n) is 10.2. The van der Waals surface area contributed by atoms with Gasteiger partial charge >= 0.3 is 32.8 Å². The van der Waals surface area contributed by atoms with Crippen molar-refractivity contribution in [2.45, 2.75) is 5.85 Å². The highest BCUT2D eigenvalue weighted by Crippen LogP contribution is 2.54. The summed E-state index contributed by atoms with van der Waals surface area (Å²) in [6.07, 6.45) is 0. The minimum absolute atomic E-state index is 0.956. The molecule has 0 radical (unpaired) electrons. The smallest absolute Gasteiger partial charge is 0.471 e. The number of hydrogen-bond donors (Lipinski definition) is 0. The third-order valence-corrected chi connectivity index (χ3v) is 3.93. The number of rotatable bonds is 4. The molecular weight excluding hydrogens is 286 g/mol. The van der Waals surface area contributed by atoms with E-state index in [1.54, 1.807) is 0 Å². The number of hydrogen-bond acceptors (Lipinski definition) is 10. The molecule has 0 aliphatic carbocycles. The fraction of sp³-hybridized carbons (Fsp3) is 0.571. The fourth-order valence-electron chi connectivity index (χ4n) is 1.08. The first-order chi connectivity index (χ1) is 8.87. The molecule has 1 aliphatic rings. The van der Waals surface area contributed by atoms with E-state index in [-0.39, 0.29) is 0 Å². The molecule has 1 unspecified atom stereocenters. The second-order valence-electron chi connectivity index (χ2n) is 3.02. The van der Waals surface area contributed by atoms with Gasteiger partial charge in [-0.05, 0) is 0 Å². The number of methoxy groups -OCH3 is 1. The molecule has 0 aromatic carbocycles. The summed E-state index contributed by atoms with van der Waals surface area (Å²) in [4.78, 5) is 33.2. The van der Waals surface area contributed by atoms with Crippen molar-refractivity contribution in [3.8, 4) is 0 Å². The van der Waals surface area contributed by atoms with Crippen LogP contribution in [0, 0.1) is 0 Å². The highest BCUT2D eigenvalue weighted by atomic mass is 31.2. The number of carbonyl (C=O) groups excluding carboxylic acids is 3. The van der Waals surface area contributed by atoms with Gasteiger partial charge in [0.05, 0.1) is 7.11 Å². The summed E-state index contributed by atoms with van der Waals surface area (Å²) in [6.45, 7) is 0. The van der Waals surface area contributed by atoms with Gasteiger partial charge in [-0.25, -0.2) is 9.59 Å². The van der Waals surface area contributed by atoms with Crippen molar-refractivity contribution in [1.82, 2.24) is 0 Å². The van der Waals surface area contributed by atoms with Crippen LogP contribution in [0.5, 0.6) is 0 Å². The molecule has 19 heavy (non-hydrogen) atoms. The maximum absolute atomic E-state index is 11.9. The van der Waals surface area contributed by atoms with Crippen LogP contribution in [0.1, 0.15) is 0 Å². The summed E-state index contributed by atoms with van der Waals surface area (Å²) < 4.78 is 38.6. The molecule has 1 rings (SSSR count). The normalized spacial score (nSPS) is 19.0. The fourth-order valence-corrected chi connectivity index (χ4v) is 2.18. The van der Waals surface area contributed by atoms with Crippen LogP contribution >= 0.6 is 7.60 Å². The van der Waals surface area contributed by atoms with E-state index in [4.69, 9.17) is 4.65 Å². The maximum atomic E-state index is 11.9. The Labute approximate surface area is 107 Å². The zero-order chi connectivity index (χ0) is 14.6. The quantitative estimate of drug-likeness (QED) is 0.278. The average Bonchev–Trinajstić information content (AvgIpc) is 2.78. The molecule has 10 nitrogen and oxygen atoms in total. The van der Waals surface area contributed by atoms with E-state index < -0.39 is 38.7 Å². The molecule has 0 amide bonds. The molecule has 1 aliphatic heterocycles. The molecule has 0 spiro atoms. The van der Waals surface area contributed by atoms with E-state index >= 15 is 0 Å². The van der Waals surface area contributed by atoms with Gasteiger partial charge in [0.15, 0.2) is 0 Å². The first kappa shape index (κ1) is 15.6. The van der Waals surface area contributed by atoms with Gasteiger partial charge in [-0.1, -0.05) is 0 Å². The standard InChI is InChI=1S/C7H10BO10P/c1-13-4(9)5(10)16-8-17-6(11)7(18-8)19(12,14-2)15-3/h7H,1-3H3. The van der Waals surface area contributed by atoms with Gasteiger partial charge in [-0.3, -0.25) is 9.36 Å². The summed E-state index contributed by atoms with van der Waals surface area (Å²) in [5, 5.41) is 0. The van der Waals surface area contributed by atoms with Crippen LogP contribution in [0.25, 0.3) is 0 Å². The molecule has 1 heterocycles. The minimum Gasteiger partial charge on any atom is -0.471 e. The third kappa shape index (κ3) is 3.32. The van der Waals surface area contributed by atoms with Crippen LogP contribution < -0.4 is 0 Å². The summed E-state index contributed by atoms with van der Waals surface area (Å²) in [5.74, 6) is -5.58. The minimum atomic E-state index is -3.90. The molecule has 0 aromatic rings. The SMILES string of the molecule is COC(=O)C(=O)OB1OC(=O)C(P(=O)(OC)OC)O1. The Kier molecular flexibility index (Phi) is 5.07. The van der Waals surface area contributed by atoms with Gasteiger partial charge in [-0.2, -0.15) is 0 Å². The monoisotopic (exact) mass is 296 g/mol. The predicted octanol–water partition coefficient (Wildman–Crippen LogP) is -0.927. The molecule has 12 heteroatoms. The van der Waals surface area contributed by atoms with Crippen LogP contribution in [0.4, 0.5) is 0 Å². The first-order valence-corrected chi connectivity index (χ1v) is 6.35. The van der Waals surface area contributed by atoms with E-state index in [1.807, 2.05) is 0 Å². The molecule has 1 fully saturated rings. The lowest BCUT2D eigenvalue weighted by atomic mass is 10.2. The average molecular weight is 296 g/mol. The second kappa shape index (κ2) is 6.15. The Balaban J connectivity index is 2.70. The molecule has 0 N–H and O–H groups in total. The van der Waals surface area contributed by atoms with Gasteiger partial charge < -0.3 is 27.7 Å². The number of carbonyl (C=O) groups is 3. The molecule has 106 valence electrons. The highest BCUT2D eigenvalue weighted by Gasteiger charge is 2.55. The summed E-state index contributed by atoms with van der Waals surface area (Å²) in [5.41, 5.74) is 0. The van der Waals surface area contributed by atoms with E-state index in [0.717, 1.165) is 21.3 Å². The lowest BCUT2D eigenvalue weighted by Crippen LogP contribution is -2.30. The molecule has 0 bridgehead atoms. The maximum Gasteiger partial charge on any atom is 0.793 e. The third-order valence-electron chi connectivity index (χ3n) is 2.01. The van der Waals surface area contributed by atoms with E-state index in [1.165, 1.54) is 0 Å². The van der Waals surface area contributed by atoms with Crippen molar-refractivity contribution in [3.05, 3.63) is 0 Å². The predicted molar refractivity (Wildman–Crippen MR) is 56.5 cm³/mol. The van der Waals surface area contributed by atoms with Crippen molar-refractivity contribution >= 4 is 32.8 Å². The highest BCUT2D eigenvalue weighted by molar-refractivity contribution is 7.55. The number of esters is 1. The van der Waals surface area contributed by atoms with Crippen LogP contribution in [0.15, 0.2) is 0 Å². The Morgan fingerprint density at radius 2 is 1.79 bits per heavy atom. The van der Waals surface area contributed by atoms with Crippen molar-refractivity contribution in [3.63, 3.8) is 0 Å². The van der Waals surface area contributed by atoms with Crippen molar-refractivity contribution in [2.24, 2.45) is 0 Å². The molecule has 1 atom stereocenters. The Hall–Kier alpha value is -1.42. The van der Waals surface area contributed by atoms with Crippen LogP contribution in [0.3, 0.4) is 0 Å².